The molecular formula is C25H26O2S. The Hall–Kier alpha value is -2.39. The van der Waals surface area contributed by atoms with Gasteiger partial charge in [-0.3, -0.25) is 9.59 Å². The van der Waals surface area contributed by atoms with Gasteiger partial charge in [0.25, 0.3) is 0 Å². The van der Waals surface area contributed by atoms with Gasteiger partial charge in [-0.15, -0.1) is 11.8 Å². The van der Waals surface area contributed by atoms with Crippen molar-refractivity contribution in [1.29, 1.82) is 0 Å². The minimum Gasteiger partial charge on any atom is -0.285 e. The third kappa shape index (κ3) is 3.29. The zero-order valence-electron chi connectivity index (χ0n) is 17.0. The van der Waals surface area contributed by atoms with E-state index in [0.29, 0.717) is 11.1 Å². The lowest BCUT2D eigenvalue weighted by atomic mass is 9.74. The lowest BCUT2D eigenvalue weighted by Crippen LogP contribution is -2.24. The molecule has 1 aliphatic carbocycles. The van der Waals surface area contributed by atoms with Crippen molar-refractivity contribution in [2.24, 2.45) is 0 Å². The summed E-state index contributed by atoms with van der Waals surface area (Å²) < 4.78 is 0. The van der Waals surface area contributed by atoms with E-state index in [1.807, 2.05) is 42.7 Å². The van der Waals surface area contributed by atoms with Gasteiger partial charge in [0.15, 0.2) is 0 Å². The van der Waals surface area contributed by atoms with E-state index >= 15 is 0 Å². The fraction of sp³-hybridized carbons (Fsp3) is 0.280. The first-order valence-corrected chi connectivity index (χ1v) is 10.9. The molecule has 0 fully saturated rings. The quantitative estimate of drug-likeness (QED) is 0.406. The smallest absolute Gasteiger partial charge is 0.234 e. The zero-order chi connectivity index (χ0) is 20.5. The van der Waals surface area contributed by atoms with Crippen molar-refractivity contribution in [2.75, 3.05) is 6.26 Å². The highest BCUT2D eigenvalue weighted by Gasteiger charge is 2.32. The average Bonchev–Trinajstić information content (AvgIpc) is 2.74. The summed E-state index contributed by atoms with van der Waals surface area (Å²) >= 11 is 1.59. The predicted octanol–water partition coefficient (Wildman–Crippen LogP) is 6.70. The monoisotopic (exact) mass is 390 g/mol. The Morgan fingerprint density at radius 2 is 1.54 bits per heavy atom. The largest absolute Gasteiger partial charge is 0.285 e. The molecule has 0 atom stereocenters. The summed E-state index contributed by atoms with van der Waals surface area (Å²) in [4.78, 5) is 26.8. The molecule has 0 radical (unpaired) electrons. The molecule has 0 saturated carbocycles. The Labute approximate surface area is 171 Å². The van der Waals surface area contributed by atoms with Crippen LogP contribution in [0.2, 0.25) is 0 Å². The number of thioether (sulfide) groups is 1. The molecule has 0 N–H and O–H groups in total. The van der Waals surface area contributed by atoms with Crippen molar-refractivity contribution in [3.05, 3.63) is 77.4 Å². The molecule has 0 heterocycles. The van der Waals surface area contributed by atoms with Gasteiger partial charge in [-0.2, -0.15) is 0 Å². The lowest BCUT2D eigenvalue weighted by molar-refractivity contribution is 0.0815. The van der Waals surface area contributed by atoms with Crippen LogP contribution in [0.3, 0.4) is 0 Å². The van der Waals surface area contributed by atoms with Crippen LogP contribution in [0.1, 0.15) is 65.5 Å². The van der Waals surface area contributed by atoms with Gasteiger partial charge in [-0.25, -0.2) is 0 Å². The summed E-state index contributed by atoms with van der Waals surface area (Å²) in [5.74, 6) is -0.829. The summed E-state index contributed by atoms with van der Waals surface area (Å²) in [5.41, 5.74) is 4.76. The van der Waals surface area contributed by atoms with Crippen molar-refractivity contribution in [3.8, 4) is 11.1 Å². The lowest BCUT2D eigenvalue weighted by Gasteiger charge is -2.29. The molecule has 0 unspecified atom stereocenters. The Kier molecular flexibility index (Phi) is 5.76. The van der Waals surface area contributed by atoms with Crippen LogP contribution in [0.15, 0.2) is 55.1 Å². The second kappa shape index (κ2) is 7.92. The topological polar surface area (TPSA) is 34.1 Å². The third-order valence-corrected chi connectivity index (χ3v) is 6.87. The van der Waals surface area contributed by atoms with Crippen LogP contribution in [0, 0.1) is 0 Å². The van der Waals surface area contributed by atoms with Gasteiger partial charge in [0, 0.05) is 16.0 Å². The maximum Gasteiger partial charge on any atom is 0.234 e. The van der Waals surface area contributed by atoms with Crippen LogP contribution in [0.5, 0.6) is 0 Å². The van der Waals surface area contributed by atoms with Crippen molar-refractivity contribution in [3.63, 3.8) is 0 Å². The maximum absolute atomic E-state index is 12.9. The number of hydrogen-bond acceptors (Lipinski definition) is 3. The second-order valence-corrected chi connectivity index (χ2v) is 8.27. The van der Waals surface area contributed by atoms with Crippen LogP contribution in [-0.2, 0) is 5.41 Å². The average molecular weight is 391 g/mol. The minimum atomic E-state index is -0.421. The number of rotatable bonds is 6. The van der Waals surface area contributed by atoms with Gasteiger partial charge >= 0.3 is 0 Å². The first kappa shape index (κ1) is 20.3. The van der Waals surface area contributed by atoms with E-state index in [4.69, 9.17) is 0 Å². The van der Waals surface area contributed by atoms with Crippen molar-refractivity contribution >= 4 is 28.2 Å². The van der Waals surface area contributed by atoms with E-state index < -0.39 is 11.6 Å². The molecule has 144 valence electrons. The third-order valence-electron chi connectivity index (χ3n) is 6.06. The molecule has 1 aliphatic rings. The minimum absolute atomic E-state index is 0.00518. The molecule has 0 amide bonds. The SMILES string of the molecule is C=C/C=C(\SC)c1ccc2c(c1)C(=O)C(=O)c1cc(C(C)(CC)CC)ccc1-2. The number of carbonyl (C=O) groups is 2. The molecular weight excluding hydrogens is 364 g/mol. The highest BCUT2D eigenvalue weighted by molar-refractivity contribution is 8.07. The molecule has 0 bridgehead atoms. The number of Topliss-reactive ketones (excluding diaryl/α,β-unsaturated/α-hetero) is 2. The van der Waals surface area contributed by atoms with E-state index in [2.05, 4.69) is 33.4 Å². The van der Waals surface area contributed by atoms with Crippen LogP contribution < -0.4 is 0 Å². The van der Waals surface area contributed by atoms with Gasteiger partial charge in [-0.05, 0) is 65.0 Å². The number of ketones is 2. The molecule has 28 heavy (non-hydrogen) atoms. The van der Waals surface area contributed by atoms with Gasteiger partial charge in [0.2, 0.25) is 11.6 Å². The van der Waals surface area contributed by atoms with Gasteiger partial charge in [-0.1, -0.05) is 57.7 Å². The summed E-state index contributed by atoms with van der Waals surface area (Å²) in [7, 11) is 0. The number of hydrogen-bond donors (Lipinski definition) is 0. The molecule has 2 aromatic rings. The molecule has 2 aromatic carbocycles. The standard InChI is InChI=1S/C25H26O2S/c1-6-9-22(28-5)16-10-12-18-19-13-11-17(25(4,7-2)8-3)15-21(19)24(27)23(26)20(18)14-16/h6,9-15H,1,7-8H2,2-5H3/b22-9-. The van der Waals surface area contributed by atoms with Gasteiger partial charge < -0.3 is 0 Å². The van der Waals surface area contributed by atoms with E-state index in [-0.39, 0.29) is 5.41 Å². The summed E-state index contributed by atoms with van der Waals surface area (Å²) in [6.07, 6.45) is 7.59. The van der Waals surface area contributed by atoms with E-state index in [1.54, 1.807) is 17.8 Å². The fourth-order valence-electron chi connectivity index (χ4n) is 3.75. The Morgan fingerprint density at radius 3 is 2.07 bits per heavy atom. The Bertz CT molecular complexity index is 994. The fourth-order valence-corrected chi connectivity index (χ4v) is 4.35. The normalized spacial score (nSPS) is 13.9. The van der Waals surface area contributed by atoms with E-state index in [0.717, 1.165) is 40.0 Å². The van der Waals surface area contributed by atoms with Gasteiger partial charge in [0.05, 0.1) is 0 Å². The van der Waals surface area contributed by atoms with Crippen LogP contribution in [-0.4, -0.2) is 17.8 Å². The van der Waals surface area contributed by atoms with Crippen molar-refractivity contribution in [1.82, 2.24) is 0 Å². The Morgan fingerprint density at radius 1 is 0.964 bits per heavy atom. The van der Waals surface area contributed by atoms with Crippen molar-refractivity contribution < 1.29 is 9.59 Å². The first-order chi connectivity index (χ1) is 13.4. The number of carbonyl (C=O) groups excluding carboxylic acids is 2. The molecule has 0 aliphatic heterocycles. The highest BCUT2D eigenvalue weighted by Crippen LogP contribution is 2.39. The first-order valence-electron chi connectivity index (χ1n) is 9.65. The highest BCUT2D eigenvalue weighted by atomic mass is 32.2. The van der Waals surface area contributed by atoms with Crippen LogP contribution in [0.25, 0.3) is 16.0 Å². The second-order valence-electron chi connectivity index (χ2n) is 7.42. The maximum atomic E-state index is 12.9. The van der Waals surface area contributed by atoms with E-state index in [9.17, 15) is 9.59 Å². The number of benzene rings is 2. The molecule has 3 rings (SSSR count). The molecule has 2 nitrogen and oxygen atoms in total. The van der Waals surface area contributed by atoms with Gasteiger partial charge in [0.1, 0.15) is 0 Å². The molecule has 0 spiro atoms. The molecule has 0 saturated heterocycles. The predicted molar refractivity (Wildman–Crippen MR) is 120 cm³/mol. The summed E-state index contributed by atoms with van der Waals surface area (Å²) in [6, 6.07) is 11.8. The number of fused-ring (bicyclic) bond motifs is 3. The molecule has 3 heteroatoms. The number of allylic oxidation sites excluding steroid dienone is 2. The Balaban J connectivity index is 2.18. The van der Waals surface area contributed by atoms with Crippen LogP contribution in [0.4, 0.5) is 0 Å². The zero-order valence-corrected chi connectivity index (χ0v) is 17.8. The van der Waals surface area contributed by atoms with Crippen molar-refractivity contribution in [2.45, 2.75) is 39.0 Å². The summed E-state index contributed by atoms with van der Waals surface area (Å²) in [5, 5.41) is 0. The van der Waals surface area contributed by atoms with Crippen LogP contribution >= 0.6 is 11.8 Å². The summed E-state index contributed by atoms with van der Waals surface area (Å²) in [6.45, 7) is 10.3. The van der Waals surface area contributed by atoms with E-state index in [1.165, 1.54) is 0 Å². The molecule has 0 aromatic heterocycles.